The third-order valence-corrected chi connectivity index (χ3v) is 4.14. The van der Waals surface area contributed by atoms with Crippen LogP contribution >= 0.6 is 0 Å². The van der Waals surface area contributed by atoms with Crippen LogP contribution in [0.15, 0.2) is 42.5 Å². The number of fused-ring (bicyclic) bond motifs is 1. The molecule has 26 heavy (non-hydrogen) atoms. The van der Waals surface area contributed by atoms with Crippen molar-refractivity contribution in [2.24, 2.45) is 0 Å². The summed E-state index contributed by atoms with van der Waals surface area (Å²) in [6.45, 7) is 2.29. The number of rotatable bonds is 6. The Hall–Kier alpha value is -3.15. The second kappa shape index (κ2) is 7.39. The Bertz CT molecular complexity index is 839. The number of carbonyl (C=O) groups excluding carboxylic acids is 3. The van der Waals surface area contributed by atoms with Gasteiger partial charge in [-0.05, 0) is 36.2 Å². The van der Waals surface area contributed by atoms with E-state index < -0.39 is 5.97 Å². The number of nitrogens with zero attached hydrogens (tertiary/aromatic N) is 1. The Labute approximate surface area is 151 Å². The van der Waals surface area contributed by atoms with Gasteiger partial charge in [0.1, 0.15) is 11.3 Å². The molecule has 134 valence electrons. The molecule has 6 heteroatoms. The van der Waals surface area contributed by atoms with Crippen LogP contribution in [0.3, 0.4) is 0 Å². The van der Waals surface area contributed by atoms with E-state index in [4.69, 9.17) is 9.47 Å². The number of ether oxygens (including phenoxy) is 2. The SMILES string of the molecule is CCCOC(=O)c1cc(CN2C(=O)c3ccccc3C2=O)ccc1OC. The second-order valence-electron chi connectivity index (χ2n) is 5.91. The third-order valence-electron chi connectivity index (χ3n) is 4.14. The molecule has 2 aromatic carbocycles. The molecule has 0 aromatic heterocycles. The van der Waals surface area contributed by atoms with Crippen molar-refractivity contribution in [3.05, 3.63) is 64.7 Å². The molecule has 0 unspecified atom stereocenters. The fraction of sp³-hybridized carbons (Fsp3) is 0.250. The first-order valence-corrected chi connectivity index (χ1v) is 8.36. The molecule has 6 nitrogen and oxygen atoms in total. The molecular formula is C20H19NO5. The maximum atomic E-state index is 12.5. The van der Waals surface area contributed by atoms with Gasteiger partial charge in [0.15, 0.2) is 0 Å². The van der Waals surface area contributed by atoms with Crippen LogP contribution in [0.2, 0.25) is 0 Å². The molecule has 0 aliphatic carbocycles. The molecule has 0 saturated heterocycles. The van der Waals surface area contributed by atoms with Crippen LogP contribution in [0, 0.1) is 0 Å². The van der Waals surface area contributed by atoms with Gasteiger partial charge < -0.3 is 9.47 Å². The molecule has 2 amide bonds. The van der Waals surface area contributed by atoms with Gasteiger partial charge in [0.2, 0.25) is 0 Å². The standard InChI is InChI=1S/C20H19NO5/c1-3-10-26-20(24)16-11-13(8-9-17(16)25-2)12-21-18(22)14-6-4-5-7-15(14)19(21)23/h4-9,11H,3,10,12H2,1-2H3. The number of imide groups is 1. The smallest absolute Gasteiger partial charge is 0.341 e. The van der Waals surface area contributed by atoms with Crippen LogP contribution in [0.4, 0.5) is 0 Å². The lowest BCUT2D eigenvalue weighted by atomic mass is 10.1. The van der Waals surface area contributed by atoms with Gasteiger partial charge in [-0.15, -0.1) is 0 Å². The van der Waals surface area contributed by atoms with E-state index in [0.717, 1.165) is 0 Å². The van der Waals surface area contributed by atoms with Crippen molar-refractivity contribution in [2.45, 2.75) is 19.9 Å². The zero-order valence-corrected chi connectivity index (χ0v) is 14.7. The molecule has 0 N–H and O–H groups in total. The van der Waals surface area contributed by atoms with E-state index in [1.165, 1.54) is 12.0 Å². The van der Waals surface area contributed by atoms with Gasteiger partial charge in [-0.1, -0.05) is 25.1 Å². The molecule has 0 atom stereocenters. The summed E-state index contributed by atoms with van der Waals surface area (Å²) in [4.78, 5) is 38.4. The summed E-state index contributed by atoms with van der Waals surface area (Å²) in [5, 5.41) is 0. The van der Waals surface area contributed by atoms with Gasteiger partial charge >= 0.3 is 5.97 Å². The van der Waals surface area contributed by atoms with Crippen molar-refractivity contribution in [1.82, 2.24) is 4.90 Å². The molecule has 2 aromatic rings. The van der Waals surface area contributed by atoms with Crippen LogP contribution in [0.25, 0.3) is 0 Å². The van der Waals surface area contributed by atoms with Gasteiger partial charge in [-0.25, -0.2) is 4.79 Å². The fourth-order valence-corrected chi connectivity index (χ4v) is 2.85. The summed E-state index contributed by atoms with van der Waals surface area (Å²) in [6, 6.07) is 11.7. The number of hydrogen-bond acceptors (Lipinski definition) is 5. The summed E-state index contributed by atoms with van der Waals surface area (Å²) in [7, 11) is 1.47. The first-order valence-electron chi connectivity index (χ1n) is 8.36. The Morgan fingerprint density at radius 2 is 1.69 bits per heavy atom. The van der Waals surface area contributed by atoms with Gasteiger partial charge in [0, 0.05) is 0 Å². The van der Waals surface area contributed by atoms with Crippen LogP contribution in [-0.2, 0) is 11.3 Å². The first kappa shape index (κ1) is 17.7. The highest BCUT2D eigenvalue weighted by molar-refractivity contribution is 6.21. The van der Waals surface area contributed by atoms with E-state index in [0.29, 0.717) is 35.5 Å². The number of amides is 2. The maximum absolute atomic E-state index is 12.5. The molecule has 3 rings (SSSR count). The van der Waals surface area contributed by atoms with E-state index in [2.05, 4.69) is 0 Å². The van der Waals surface area contributed by atoms with E-state index in [9.17, 15) is 14.4 Å². The van der Waals surface area contributed by atoms with Crippen molar-refractivity contribution >= 4 is 17.8 Å². The van der Waals surface area contributed by atoms with Crippen molar-refractivity contribution in [1.29, 1.82) is 0 Å². The normalized spacial score (nSPS) is 12.9. The quantitative estimate of drug-likeness (QED) is 0.589. The van der Waals surface area contributed by atoms with E-state index in [1.807, 2.05) is 6.92 Å². The first-order chi connectivity index (χ1) is 12.6. The highest BCUT2D eigenvalue weighted by Gasteiger charge is 2.35. The largest absolute Gasteiger partial charge is 0.496 e. The van der Waals surface area contributed by atoms with Crippen LogP contribution in [-0.4, -0.2) is 36.4 Å². The number of benzene rings is 2. The lowest BCUT2D eigenvalue weighted by Crippen LogP contribution is -2.29. The Morgan fingerprint density at radius 1 is 1.04 bits per heavy atom. The Balaban J connectivity index is 1.86. The second-order valence-corrected chi connectivity index (χ2v) is 5.91. The van der Waals surface area contributed by atoms with Gasteiger partial charge in [-0.2, -0.15) is 0 Å². The van der Waals surface area contributed by atoms with Crippen molar-refractivity contribution in [3.63, 3.8) is 0 Å². The number of methoxy groups -OCH3 is 1. The topological polar surface area (TPSA) is 72.9 Å². The van der Waals surface area contributed by atoms with Crippen LogP contribution in [0.1, 0.15) is 50.0 Å². The molecule has 1 aliphatic heterocycles. The molecule has 1 heterocycles. The molecule has 0 fully saturated rings. The molecule has 0 spiro atoms. The zero-order chi connectivity index (χ0) is 18.7. The third kappa shape index (κ3) is 3.18. The lowest BCUT2D eigenvalue weighted by molar-refractivity contribution is 0.0501. The maximum Gasteiger partial charge on any atom is 0.341 e. The van der Waals surface area contributed by atoms with E-state index in [-0.39, 0.29) is 23.9 Å². The predicted molar refractivity (Wildman–Crippen MR) is 94.2 cm³/mol. The summed E-state index contributed by atoms with van der Waals surface area (Å²) in [5.74, 6) is -0.779. The van der Waals surface area contributed by atoms with Gasteiger partial charge in [-0.3, -0.25) is 14.5 Å². The lowest BCUT2D eigenvalue weighted by Gasteiger charge is -2.15. The molecule has 0 bridgehead atoms. The van der Waals surface area contributed by atoms with Gasteiger partial charge in [0.05, 0.1) is 31.4 Å². The van der Waals surface area contributed by atoms with E-state index in [1.54, 1.807) is 42.5 Å². The van der Waals surface area contributed by atoms with Crippen LogP contribution < -0.4 is 4.74 Å². The van der Waals surface area contributed by atoms with Gasteiger partial charge in [0.25, 0.3) is 11.8 Å². The summed E-state index contributed by atoms with van der Waals surface area (Å²) in [6.07, 6.45) is 0.711. The highest BCUT2D eigenvalue weighted by Crippen LogP contribution is 2.26. The predicted octanol–water partition coefficient (Wildman–Crippen LogP) is 3.06. The Morgan fingerprint density at radius 3 is 2.27 bits per heavy atom. The molecular weight excluding hydrogens is 334 g/mol. The number of carbonyl (C=O) groups is 3. The van der Waals surface area contributed by atoms with Crippen molar-refractivity contribution in [3.8, 4) is 5.75 Å². The zero-order valence-electron chi connectivity index (χ0n) is 14.7. The summed E-state index contributed by atoms with van der Waals surface area (Å²) in [5.41, 5.74) is 1.71. The average molecular weight is 353 g/mol. The Kier molecular flexibility index (Phi) is 5.02. The molecule has 0 saturated carbocycles. The molecule has 1 aliphatic rings. The fourth-order valence-electron chi connectivity index (χ4n) is 2.85. The number of esters is 1. The monoisotopic (exact) mass is 353 g/mol. The van der Waals surface area contributed by atoms with E-state index >= 15 is 0 Å². The average Bonchev–Trinajstić information content (AvgIpc) is 2.91. The van der Waals surface area contributed by atoms with Crippen molar-refractivity contribution in [2.75, 3.05) is 13.7 Å². The highest BCUT2D eigenvalue weighted by atomic mass is 16.5. The molecule has 0 radical (unpaired) electrons. The summed E-state index contributed by atoms with van der Waals surface area (Å²) < 4.78 is 10.4. The summed E-state index contributed by atoms with van der Waals surface area (Å²) >= 11 is 0. The minimum atomic E-state index is -0.493. The minimum absolute atomic E-state index is 0.0738. The van der Waals surface area contributed by atoms with Crippen LogP contribution in [0.5, 0.6) is 5.75 Å². The number of hydrogen-bond donors (Lipinski definition) is 0. The van der Waals surface area contributed by atoms with Crippen molar-refractivity contribution < 1.29 is 23.9 Å². The minimum Gasteiger partial charge on any atom is -0.496 e.